The molecular formula is C18H27FN2O2. The van der Waals surface area contributed by atoms with E-state index in [9.17, 15) is 9.18 Å². The third-order valence-electron chi connectivity index (χ3n) is 4.42. The molecule has 0 spiro atoms. The van der Waals surface area contributed by atoms with E-state index in [1.807, 2.05) is 11.8 Å². The zero-order valence-corrected chi connectivity index (χ0v) is 14.1. The summed E-state index contributed by atoms with van der Waals surface area (Å²) >= 11 is 0. The van der Waals surface area contributed by atoms with Gasteiger partial charge in [-0.25, -0.2) is 4.39 Å². The second-order valence-electron chi connectivity index (χ2n) is 6.15. The molecule has 0 bridgehead atoms. The van der Waals surface area contributed by atoms with E-state index >= 15 is 0 Å². The van der Waals surface area contributed by atoms with Crippen molar-refractivity contribution in [3.05, 3.63) is 35.6 Å². The number of amides is 1. The molecule has 0 radical (unpaired) electrons. The van der Waals surface area contributed by atoms with E-state index in [0.29, 0.717) is 13.2 Å². The lowest BCUT2D eigenvalue weighted by Gasteiger charge is -2.31. The molecule has 1 saturated heterocycles. The largest absolute Gasteiger partial charge is 0.385 e. The van der Waals surface area contributed by atoms with Crippen LogP contribution in [0, 0.1) is 5.82 Å². The molecule has 1 aliphatic heterocycles. The zero-order valence-electron chi connectivity index (χ0n) is 14.1. The molecule has 0 saturated carbocycles. The Bertz CT molecular complexity index is 486. The average Bonchev–Trinajstić information content (AvgIpc) is 3.09. The SMILES string of the molecule is COCCCN(Cc1ccc(F)cc1)C(C)C(=O)N1CCCC1. The molecule has 1 aromatic carbocycles. The maximum atomic E-state index is 13.1. The lowest BCUT2D eigenvalue weighted by molar-refractivity contribution is -0.135. The van der Waals surface area contributed by atoms with Gasteiger partial charge in [0.1, 0.15) is 5.82 Å². The maximum absolute atomic E-state index is 13.1. The molecule has 1 aliphatic rings. The number of benzene rings is 1. The highest BCUT2D eigenvalue weighted by Crippen LogP contribution is 2.15. The molecule has 1 atom stereocenters. The maximum Gasteiger partial charge on any atom is 0.239 e. The fourth-order valence-electron chi connectivity index (χ4n) is 3.00. The number of ether oxygens (including phenoxy) is 1. The van der Waals surface area contributed by atoms with E-state index in [4.69, 9.17) is 4.74 Å². The minimum absolute atomic E-state index is 0.171. The van der Waals surface area contributed by atoms with E-state index in [2.05, 4.69) is 4.90 Å². The van der Waals surface area contributed by atoms with Crippen LogP contribution in [-0.4, -0.2) is 55.1 Å². The number of halogens is 1. The second-order valence-corrected chi connectivity index (χ2v) is 6.15. The Hall–Kier alpha value is -1.46. The van der Waals surface area contributed by atoms with Crippen LogP contribution in [0.15, 0.2) is 24.3 Å². The first kappa shape index (κ1) is 17.9. The minimum Gasteiger partial charge on any atom is -0.385 e. The summed E-state index contributed by atoms with van der Waals surface area (Å²) in [7, 11) is 1.68. The molecule has 1 fully saturated rings. The Balaban J connectivity index is 2.02. The highest BCUT2D eigenvalue weighted by atomic mass is 19.1. The second kappa shape index (κ2) is 8.99. The van der Waals surface area contributed by atoms with Crippen LogP contribution in [0.25, 0.3) is 0 Å². The van der Waals surface area contributed by atoms with Gasteiger partial charge in [-0.2, -0.15) is 0 Å². The Kier molecular flexibility index (Phi) is 6.99. The van der Waals surface area contributed by atoms with Gasteiger partial charge in [0.2, 0.25) is 5.91 Å². The molecule has 5 heteroatoms. The fourth-order valence-corrected chi connectivity index (χ4v) is 3.00. The van der Waals surface area contributed by atoms with Crippen molar-refractivity contribution in [2.75, 3.05) is 33.4 Å². The summed E-state index contributed by atoms with van der Waals surface area (Å²) in [5.74, 6) is -0.0390. The predicted octanol–water partition coefficient (Wildman–Crippen LogP) is 2.68. The van der Waals surface area contributed by atoms with Crippen LogP contribution >= 0.6 is 0 Å². The van der Waals surface area contributed by atoms with Crippen molar-refractivity contribution < 1.29 is 13.9 Å². The van der Waals surface area contributed by atoms with Gasteiger partial charge in [-0.3, -0.25) is 9.69 Å². The topological polar surface area (TPSA) is 32.8 Å². The summed E-state index contributed by atoms with van der Waals surface area (Å²) in [6, 6.07) is 6.33. The van der Waals surface area contributed by atoms with E-state index in [1.165, 1.54) is 12.1 Å². The van der Waals surface area contributed by atoms with Gasteiger partial charge in [0.05, 0.1) is 6.04 Å². The normalized spacial score (nSPS) is 16.1. The van der Waals surface area contributed by atoms with Gasteiger partial charge in [0.25, 0.3) is 0 Å². The number of rotatable bonds is 8. The number of nitrogens with zero attached hydrogens (tertiary/aromatic N) is 2. The average molecular weight is 322 g/mol. The number of carbonyl (C=O) groups is 1. The van der Waals surface area contributed by atoms with Crippen LogP contribution in [0.3, 0.4) is 0 Å². The Morgan fingerprint density at radius 1 is 1.30 bits per heavy atom. The molecule has 1 aromatic rings. The molecule has 23 heavy (non-hydrogen) atoms. The molecule has 1 amide bonds. The third-order valence-corrected chi connectivity index (χ3v) is 4.42. The number of likely N-dealkylation sites (tertiary alicyclic amines) is 1. The highest BCUT2D eigenvalue weighted by molar-refractivity contribution is 5.81. The van der Waals surface area contributed by atoms with Gasteiger partial charge in [-0.1, -0.05) is 12.1 Å². The van der Waals surface area contributed by atoms with Gasteiger partial charge in [-0.15, -0.1) is 0 Å². The van der Waals surface area contributed by atoms with Gasteiger partial charge in [-0.05, 0) is 43.9 Å². The molecule has 128 valence electrons. The number of hydrogen-bond acceptors (Lipinski definition) is 3. The molecule has 0 aliphatic carbocycles. The summed E-state index contributed by atoms with van der Waals surface area (Å²) in [6.45, 7) is 5.80. The van der Waals surface area contributed by atoms with Crippen molar-refractivity contribution in [3.63, 3.8) is 0 Å². The van der Waals surface area contributed by atoms with E-state index in [1.54, 1.807) is 19.2 Å². The fraction of sp³-hybridized carbons (Fsp3) is 0.611. The third kappa shape index (κ3) is 5.29. The molecule has 0 aromatic heterocycles. The lowest BCUT2D eigenvalue weighted by Crippen LogP contribution is -2.46. The zero-order chi connectivity index (χ0) is 16.7. The van der Waals surface area contributed by atoms with Crippen LogP contribution in [0.4, 0.5) is 4.39 Å². The van der Waals surface area contributed by atoms with Crippen molar-refractivity contribution >= 4 is 5.91 Å². The quantitative estimate of drug-likeness (QED) is 0.690. The first-order chi connectivity index (χ1) is 11.1. The predicted molar refractivity (Wildman–Crippen MR) is 88.6 cm³/mol. The van der Waals surface area contributed by atoms with Crippen LogP contribution < -0.4 is 0 Å². The van der Waals surface area contributed by atoms with E-state index in [0.717, 1.165) is 44.5 Å². The van der Waals surface area contributed by atoms with Crippen molar-refractivity contribution in [2.45, 2.75) is 38.8 Å². The summed E-state index contributed by atoms with van der Waals surface area (Å²) in [6.07, 6.45) is 3.06. The van der Waals surface area contributed by atoms with Crippen molar-refractivity contribution in [1.29, 1.82) is 0 Å². The smallest absolute Gasteiger partial charge is 0.239 e. The first-order valence-electron chi connectivity index (χ1n) is 8.38. The number of methoxy groups -OCH3 is 1. The minimum atomic E-state index is -0.235. The molecular weight excluding hydrogens is 295 g/mol. The Labute approximate surface area is 138 Å². The monoisotopic (exact) mass is 322 g/mol. The number of hydrogen-bond donors (Lipinski definition) is 0. The molecule has 1 unspecified atom stereocenters. The van der Waals surface area contributed by atoms with Crippen LogP contribution in [0.5, 0.6) is 0 Å². The molecule has 2 rings (SSSR count). The summed E-state index contributed by atoms with van der Waals surface area (Å²) in [4.78, 5) is 16.8. The molecule has 4 nitrogen and oxygen atoms in total. The Morgan fingerprint density at radius 2 is 1.96 bits per heavy atom. The van der Waals surface area contributed by atoms with Gasteiger partial charge in [0.15, 0.2) is 0 Å². The van der Waals surface area contributed by atoms with Crippen molar-refractivity contribution in [2.24, 2.45) is 0 Å². The molecule has 0 N–H and O–H groups in total. The van der Waals surface area contributed by atoms with Gasteiger partial charge in [0, 0.05) is 39.9 Å². The van der Waals surface area contributed by atoms with Crippen LogP contribution in [-0.2, 0) is 16.1 Å². The summed E-state index contributed by atoms with van der Waals surface area (Å²) in [5.41, 5.74) is 1.02. The van der Waals surface area contributed by atoms with E-state index < -0.39 is 0 Å². The number of carbonyl (C=O) groups excluding carboxylic acids is 1. The van der Waals surface area contributed by atoms with Crippen LogP contribution in [0.2, 0.25) is 0 Å². The van der Waals surface area contributed by atoms with Gasteiger partial charge >= 0.3 is 0 Å². The summed E-state index contributed by atoms with van der Waals surface area (Å²) in [5, 5.41) is 0. The molecule has 1 heterocycles. The first-order valence-corrected chi connectivity index (χ1v) is 8.38. The summed E-state index contributed by atoms with van der Waals surface area (Å²) < 4.78 is 18.2. The van der Waals surface area contributed by atoms with Crippen LogP contribution in [0.1, 0.15) is 31.7 Å². The van der Waals surface area contributed by atoms with Crippen molar-refractivity contribution in [1.82, 2.24) is 9.80 Å². The van der Waals surface area contributed by atoms with E-state index in [-0.39, 0.29) is 17.8 Å². The lowest BCUT2D eigenvalue weighted by atomic mass is 10.1. The van der Waals surface area contributed by atoms with Crippen molar-refractivity contribution in [3.8, 4) is 0 Å². The standard InChI is InChI=1S/C18H27FN2O2/c1-15(18(22)20-10-3-4-11-20)21(12-5-13-23-2)14-16-6-8-17(19)9-7-16/h6-9,15H,3-5,10-14H2,1-2H3. The van der Waals surface area contributed by atoms with Gasteiger partial charge < -0.3 is 9.64 Å². The Morgan fingerprint density at radius 3 is 2.57 bits per heavy atom. The highest BCUT2D eigenvalue weighted by Gasteiger charge is 2.27.